The van der Waals surface area contributed by atoms with Gasteiger partial charge < -0.3 is 15.0 Å². The number of hydrogen-bond acceptors (Lipinski definition) is 2. The highest BCUT2D eigenvalue weighted by atomic mass is 127. The molecule has 0 atom stereocenters. The normalized spacial score (nSPS) is 14.2. The van der Waals surface area contributed by atoms with Crippen LogP contribution < -0.4 is 5.32 Å². The first-order valence-electron chi connectivity index (χ1n) is 8.42. The van der Waals surface area contributed by atoms with E-state index in [1.807, 2.05) is 13.1 Å². The second-order valence-electron chi connectivity index (χ2n) is 6.19. The summed E-state index contributed by atoms with van der Waals surface area (Å²) in [6.07, 6.45) is 2.63. The number of benzene rings is 1. The minimum atomic E-state index is -0.172. The topological polar surface area (TPSA) is 36.9 Å². The molecule has 0 unspecified atom stereocenters. The number of halogens is 2. The van der Waals surface area contributed by atoms with E-state index in [1.165, 1.54) is 18.9 Å². The molecule has 1 aromatic rings. The van der Waals surface area contributed by atoms with Crippen LogP contribution in [0, 0.1) is 18.7 Å². The third-order valence-corrected chi connectivity index (χ3v) is 3.95. The maximum absolute atomic E-state index is 13.3. The molecule has 6 heteroatoms. The van der Waals surface area contributed by atoms with Crippen molar-refractivity contribution in [2.24, 2.45) is 10.9 Å². The van der Waals surface area contributed by atoms with Crippen LogP contribution in [-0.4, -0.2) is 44.2 Å². The molecule has 1 aromatic carbocycles. The molecule has 0 aliphatic heterocycles. The predicted molar refractivity (Wildman–Crippen MR) is 108 cm³/mol. The zero-order chi connectivity index (χ0) is 16.7. The van der Waals surface area contributed by atoms with Crippen LogP contribution in [0.3, 0.4) is 0 Å². The summed E-state index contributed by atoms with van der Waals surface area (Å²) in [6, 6.07) is 5.14. The van der Waals surface area contributed by atoms with E-state index in [0.717, 1.165) is 37.1 Å². The van der Waals surface area contributed by atoms with Gasteiger partial charge in [0.1, 0.15) is 5.82 Å². The number of aryl methyl sites for hydroxylation is 1. The molecule has 1 aliphatic rings. The number of likely N-dealkylation sites (N-methyl/N-ethyl adjacent to an activating group) is 1. The number of aliphatic imine (C=N–C) groups is 1. The minimum absolute atomic E-state index is 0. The van der Waals surface area contributed by atoms with Crippen LogP contribution in [0.15, 0.2) is 23.2 Å². The molecule has 0 heterocycles. The van der Waals surface area contributed by atoms with E-state index < -0.39 is 0 Å². The van der Waals surface area contributed by atoms with Crippen LogP contribution in [0.1, 0.15) is 30.9 Å². The van der Waals surface area contributed by atoms with Crippen molar-refractivity contribution >= 4 is 29.9 Å². The lowest BCUT2D eigenvalue weighted by Gasteiger charge is -2.22. The number of guanidine groups is 1. The molecule has 2 rings (SSSR count). The maximum Gasteiger partial charge on any atom is 0.194 e. The number of nitrogens with one attached hydrogen (secondary N) is 1. The zero-order valence-electron chi connectivity index (χ0n) is 14.8. The first-order chi connectivity index (χ1) is 11.1. The molecule has 4 nitrogen and oxygen atoms in total. The van der Waals surface area contributed by atoms with Crippen molar-refractivity contribution in [2.75, 3.05) is 33.4 Å². The molecule has 0 spiro atoms. The van der Waals surface area contributed by atoms with Crippen molar-refractivity contribution in [3.05, 3.63) is 35.1 Å². The standard InChI is InChI=1S/C18H28FN3O.HI/c1-4-20-18(22(3)9-10-23-13-15-5-6-15)21-12-16-7-8-17(19)14(2)11-16;/h7-8,11,15H,4-6,9-10,12-13H2,1-3H3,(H,20,21);1H. The molecule has 136 valence electrons. The van der Waals surface area contributed by atoms with Gasteiger partial charge in [0.05, 0.1) is 13.2 Å². The fourth-order valence-corrected chi connectivity index (χ4v) is 2.28. The van der Waals surface area contributed by atoms with Crippen molar-refractivity contribution in [3.8, 4) is 0 Å². The van der Waals surface area contributed by atoms with Crippen LogP contribution >= 0.6 is 24.0 Å². The van der Waals surface area contributed by atoms with Crippen molar-refractivity contribution < 1.29 is 9.13 Å². The molecule has 1 saturated carbocycles. The van der Waals surface area contributed by atoms with Gasteiger partial charge in [0, 0.05) is 26.7 Å². The first-order valence-corrected chi connectivity index (χ1v) is 8.42. The molecule has 1 fully saturated rings. The van der Waals surface area contributed by atoms with Gasteiger partial charge in [0.2, 0.25) is 0 Å². The third-order valence-electron chi connectivity index (χ3n) is 3.95. The molecule has 0 saturated heterocycles. The number of nitrogens with zero attached hydrogens (tertiary/aromatic N) is 2. The second-order valence-corrected chi connectivity index (χ2v) is 6.19. The fourth-order valence-electron chi connectivity index (χ4n) is 2.28. The van der Waals surface area contributed by atoms with Gasteiger partial charge in [0.15, 0.2) is 5.96 Å². The Morgan fingerprint density at radius 2 is 2.17 bits per heavy atom. The number of hydrogen-bond donors (Lipinski definition) is 1. The van der Waals surface area contributed by atoms with Gasteiger partial charge in [-0.15, -0.1) is 24.0 Å². The van der Waals surface area contributed by atoms with Gasteiger partial charge in [-0.3, -0.25) is 0 Å². The van der Waals surface area contributed by atoms with Crippen LogP contribution in [0.4, 0.5) is 4.39 Å². The van der Waals surface area contributed by atoms with Crippen molar-refractivity contribution in [1.29, 1.82) is 0 Å². The summed E-state index contributed by atoms with van der Waals surface area (Å²) < 4.78 is 19.0. The summed E-state index contributed by atoms with van der Waals surface area (Å²) in [5.74, 6) is 1.47. The van der Waals surface area contributed by atoms with Crippen LogP contribution in [0.5, 0.6) is 0 Å². The Morgan fingerprint density at radius 1 is 1.42 bits per heavy atom. The molecule has 0 amide bonds. The van der Waals surface area contributed by atoms with Crippen LogP contribution in [0.25, 0.3) is 0 Å². The van der Waals surface area contributed by atoms with Gasteiger partial charge >= 0.3 is 0 Å². The SMILES string of the molecule is CCNC(=NCc1ccc(F)c(C)c1)N(C)CCOCC1CC1.I. The minimum Gasteiger partial charge on any atom is -0.379 e. The van der Waals surface area contributed by atoms with E-state index in [1.54, 1.807) is 13.0 Å². The zero-order valence-corrected chi connectivity index (χ0v) is 17.2. The van der Waals surface area contributed by atoms with Gasteiger partial charge in [-0.05, 0) is 49.8 Å². The molecule has 24 heavy (non-hydrogen) atoms. The summed E-state index contributed by atoms with van der Waals surface area (Å²) in [5.41, 5.74) is 1.67. The van der Waals surface area contributed by atoms with Gasteiger partial charge in [-0.25, -0.2) is 9.38 Å². The smallest absolute Gasteiger partial charge is 0.194 e. The highest BCUT2D eigenvalue weighted by Crippen LogP contribution is 2.28. The van der Waals surface area contributed by atoms with E-state index in [-0.39, 0.29) is 29.8 Å². The van der Waals surface area contributed by atoms with Gasteiger partial charge in [0.25, 0.3) is 0 Å². The Hall–Kier alpha value is -0.890. The van der Waals surface area contributed by atoms with E-state index in [9.17, 15) is 4.39 Å². The second kappa shape index (κ2) is 10.9. The average Bonchev–Trinajstić information content (AvgIpc) is 3.35. The summed E-state index contributed by atoms with van der Waals surface area (Å²) in [6.45, 7) is 7.59. The number of ether oxygens (including phenoxy) is 1. The fraction of sp³-hybridized carbons (Fsp3) is 0.611. The summed E-state index contributed by atoms with van der Waals surface area (Å²) in [7, 11) is 2.01. The summed E-state index contributed by atoms with van der Waals surface area (Å²) in [5, 5.41) is 3.29. The summed E-state index contributed by atoms with van der Waals surface area (Å²) in [4.78, 5) is 6.71. The lowest BCUT2D eigenvalue weighted by molar-refractivity contribution is 0.115. The quantitative estimate of drug-likeness (QED) is 0.285. The average molecular weight is 449 g/mol. The van der Waals surface area contributed by atoms with Crippen LogP contribution in [-0.2, 0) is 11.3 Å². The largest absolute Gasteiger partial charge is 0.379 e. The maximum atomic E-state index is 13.3. The third kappa shape index (κ3) is 7.34. The monoisotopic (exact) mass is 449 g/mol. The Kier molecular flexibility index (Phi) is 9.58. The van der Waals surface area contributed by atoms with E-state index in [2.05, 4.69) is 22.1 Å². The lowest BCUT2D eigenvalue weighted by Crippen LogP contribution is -2.40. The Balaban J connectivity index is 0.00000288. The van der Waals surface area contributed by atoms with Crippen molar-refractivity contribution in [3.63, 3.8) is 0 Å². The highest BCUT2D eigenvalue weighted by Gasteiger charge is 2.21. The van der Waals surface area contributed by atoms with Crippen molar-refractivity contribution in [1.82, 2.24) is 10.2 Å². The predicted octanol–water partition coefficient (Wildman–Crippen LogP) is 3.58. The van der Waals surface area contributed by atoms with Crippen molar-refractivity contribution in [2.45, 2.75) is 33.2 Å². The number of rotatable bonds is 8. The summed E-state index contributed by atoms with van der Waals surface area (Å²) >= 11 is 0. The Labute approximate surface area is 161 Å². The molecular weight excluding hydrogens is 420 g/mol. The lowest BCUT2D eigenvalue weighted by atomic mass is 10.1. The van der Waals surface area contributed by atoms with E-state index in [4.69, 9.17) is 4.74 Å². The molecule has 0 aromatic heterocycles. The molecular formula is C18H29FIN3O. The van der Waals surface area contributed by atoms with E-state index in [0.29, 0.717) is 18.7 Å². The Morgan fingerprint density at radius 3 is 2.79 bits per heavy atom. The highest BCUT2D eigenvalue weighted by molar-refractivity contribution is 14.0. The molecule has 1 aliphatic carbocycles. The molecule has 0 radical (unpaired) electrons. The molecule has 1 N–H and O–H groups in total. The Bertz CT molecular complexity index is 535. The first kappa shape index (κ1) is 21.2. The molecule has 0 bridgehead atoms. The van der Waals surface area contributed by atoms with Gasteiger partial charge in [-0.1, -0.05) is 12.1 Å². The van der Waals surface area contributed by atoms with Gasteiger partial charge in [-0.2, -0.15) is 0 Å². The van der Waals surface area contributed by atoms with Crippen LogP contribution in [0.2, 0.25) is 0 Å². The van der Waals surface area contributed by atoms with E-state index >= 15 is 0 Å².